The molecule has 19 heavy (non-hydrogen) atoms. The van der Waals surface area contributed by atoms with Gasteiger partial charge in [-0.05, 0) is 32.1 Å². The summed E-state index contributed by atoms with van der Waals surface area (Å²) < 4.78 is 2.06. The number of anilines is 1. The highest BCUT2D eigenvalue weighted by molar-refractivity contribution is 5.82. The molecule has 0 aliphatic heterocycles. The molecule has 0 spiro atoms. The Morgan fingerprint density at radius 2 is 2.11 bits per heavy atom. The van der Waals surface area contributed by atoms with Gasteiger partial charge >= 0.3 is 0 Å². The topological polar surface area (TPSA) is 75.9 Å². The van der Waals surface area contributed by atoms with Crippen LogP contribution >= 0.6 is 0 Å². The van der Waals surface area contributed by atoms with E-state index in [-0.39, 0.29) is 6.61 Å². The van der Waals surface area contributed by atoms with Gasteiger partial charge in [0.2, 0.25) is 0 Å². The zero-order valence-corrected chi connectivity index (χ0v) is 10.9. The van der Waals surface area contributed by atoms with Crippen molar-refractivity contribution in [2.45, 2.75) is 44.7 Å². The van der Waals surface area contributed by atoms with Crippen molar-refractivity contribution >= 4 is 17.0 Å². The van der Waals surface area contributed by atoms with E-state index in [1.165, 1.54) is 12.8 Å². The number of fused-ring (bicyclic) bond motifs is 1. The molecule has 2 heterocycles. The summed E-state index contributed by atoms with van der Waals surface area (Å²) in [6.07, 6.45) is 8.77. The Balaban J connectivity index is 1.74. The molecule has 1 saturated carbocycles. The Kier molecular flexibility index (Phi) is 3.59. The summed E-state index contributed by atoms with van der Waals surface area (Å²) in [5, 5.41) is 12.2. The van der Waals surface area contributed by atoms with E-state index in [1.807, 2.05) is 6.33 Å². The molecule has 2 aromatic rings. The third-order valence-electron chi connectivity index (χ3n) is 3.38. The molecule has 102 valence electrons. The number of hydrogen-bond acceptors (Lipinski definition) is 5. The molecule has 1 aliphatic rings. The number of nitrogens with one attached hydrogen (secondary N) is 1. The number of rotatable bonds is 7. The molecule has 0 saturated heterocycles. The van der Waals surface area contributed by atoms with Gasteiger partial charge in [0.05, 0.1) is 6.33 Å². The molecule has 0 atom stereocenters. The van der Waals surface area contributed by atoms with Crippen molar-refractivity contribution < 1.29 is 5.11 Å². The fourth-order valence-corrected chi connectivity index (χ4v) is 2.14. The molecule has 2 N–H and O–H groups in total. The highest BCUT2D eigenvalue weighted by atomic mass is 16.2. The van der Waals surface area contributed by atoms with Crippen LogP contribution in [-0.4, -0.2) is 37.3 Å². The summed E-state index contributed by atoms with van der Waals surface area (Å²) in [5.74, 6) is 0.849. The predicted octanol–water partition coefficient (Wildman–Crippen LogP) is 1.56. The summed E-state index contributed by atoms with van der Waals surface area (Å²) in [6, 6.07) is 0.563. The number of aliphatic hydroxyl groups excluding tert-OH is 1. The molecule has 0 unspecified atom stereocenters. The van der Waals surface area contributed by atoms with Crippen LogP contribution in [0.1, 0.15) is 32.1 Å². The van der Waals surface area contributed by atoms with Crippen molar-refractivity contribution in [2.24, 2.45) is 0 Å². The van der Waals surface area contributed by atoms with Gasteiger partial charge in [-0.3, -0.25) is 0 Å². The van der Waals surface area contributed by atoms with Crippen LogP contribution < -0.4 is 5.32 Å². The van der Waals surface area contributed by atoms with Crippen LogP contribution in [0.25, 0.3) is 11.2 Å². The maximum Gasteiger partial charge on any atom is 0.165 e. The summed E-state index contributed by atoms with van der Waals surface area (Å²) in [5.41, 5.74) is 1.75. The monoisotopic (exact) mass is 261 g/mol. The largest absolute Gasteiger partial charge is 0.396 e. The third kappa shape index (κ3) is 2.84. The van der Waals surface area contributed by atoms with Gasteiger partial charge in [-0.1, -0.05) is 0 Å². The fourth-order valence-electron chi connectivity index (χ4n) is 2.14. The predicted molar refractivity (Wildman–Crippen MR) is 72.9 cm³/mol. The first kappa shape index (κ1) is 12.3. The standard InChI is InChI=1S/C13H19N5O/c19-7-3-1-2-6-18-9-16-11-12(17-10-4-5-10)14-8-15-13(11)18/h8-10,19H,1-7H2,(H,14,15,17). The second kappa shape index (κ2) is 5.52. The number of nitrogens with zero attached hydrogens (tertiary/aromatic N) is 4. The number of aromatic nitrogens is 4. The first-order chi connectivity index (χ1) is 9.38. The average Bonchev–Trinajstić information content (AvgIpc) is 3.14. The van der Waals surface area contributed by atoms with E-state index < -0.39 is 0 Å². The number of hydrogen-bond donors (Lipinski definition) is 2. The molecular weight excluding hydrogens is 242 g/mol. The molecule has 1 fully saturated rings. The minimum absolute atomic E-state index is 0.266. The number of imidazole rings is 1. The molecule has 0 aromatic carbocycles. The van der Waals surface area contributed by atoms with E-state index in [4.69, 9.17) is 5.11 Å². The molecule has 6 heteroatoms. The Morgan fingerprint density at radius 1 is 1.21 bits per heavy atom. The Hall–Kier alpha value is -1.69. The summed E-state index contributed by atoms with van der Waals surface area (Å²) in [7, 11) is 0. The Morgan fingerprint density at radius 3 is 2.89 bits per heavy atom. The van der Waals surface area contributed by atoms with Gasteiger partial charge in [0.25, 0.3) is 0 Å². The van der Waals surface area contributed by atoms with Gasteiger partial charge in [-0.25, -0.2) is 15.0 Å². The number of unbranched alkanes of at least 4 members (excludes halogenated alkanes) is 2. The van der Waals surface area contributed by atoms with E-state index in [1.54, 1.807) is 6.33 Å². The van der Waals surface area contributed by atoms with Crippen molar-refractivity contribution in [2.75, 3.05) is 11.9 Å². The number of aryl methyl sites for hydroxylation is 1. The van der Waals surface area contributed by atoms with Crippen molar-refractivity contribution in [3.63, 3.8) is 0 Å². The highest BCUT2D eigenvalue weighted by Crippen LogP contribution is 2.26. The maximum atomic E-state index is 8.77. The van der Waals surface area contributed by atoms with Crippen LogP contribution in [0.4, 0.5) is 5.82 Å². The lowest BCUT2D eigenvalue weighted by molar-refractivity contribution is 0.282. The van der Waals surface area contributed by atoms with E-state index in [9.17, 15) is 0 Å². The molecule has 3 rings (SSSR count). The van der Waals surface area contributed by atoms with Crippen LogP contribution in [0.3, 0.4) is 0 Å². The van der Waals surface area contributed by atoms with Crippen LogP contribution in [0.5, 0.6) is 0 Å². The summed E-state index contributed by atoms with van der Waals surface area (Å²) in [4.78, 5) is 13.0. The van der Waals surface area contributed by atoms with E-state index in [0.717, 1.165) is 42.8 Å². The Labute approximate surface area is 111 Å². The summed E-state index contributed by atoms with van der Waals surface area (Å²) in [6.45, 7) is 1.15. The second-order valence-corrected chi connectivity index (χ2v) is 5.04. The fraction of sp³-hybridized carbons (Fsp3) is 0.615. The van der Waals surface area contributed by atoms with Crippen LogP contribution in [-0.2, 0) is 6.54 Å². The molecule has 0 radical (unpaired) electrons. The van der Waals surface area contributed by atoms with Crippen molar-refractivity contribution in [1.82, 2.24) is 19.5 Å². The lowest BCUT2D eigenvalue weighted by atomic mass is 10.2. The van der Waals surface area contributed by atoms with E-state index in [0.29, 0.717) is 6.04 Å². The SMILES string of the molecule is OCCCCCn1cnc2c(NC3CC3)ncnc21. The van der Waals surface area contributed by atoms with E-state index in [2.05, 4.69) is 24.8 Å². The van der Waals surface area contributed by atoms with Crippen LogP contribution in [0, 0.1) is 0 Å². The zero-order valence-electron chi connectivity index (χ0n) is 10.9. The van der Waals surface area contributed by atoms with Gasteiger partial charge < -0.3 is 15.0 Å². The van der Waals surface area contributed by atoms with E-state index >= 15 is 0 Å². The molecule has 6 nitrogen and oxygen atoms in total. The van der Waals surface area contributed by atoms with Gasteiger partial charge in [-0.2, -0.15) is 0 Å². The van der Waals surface area contributed by atoms with Crippen molar-refractivity contribution in [3.05, 3.63) is 12.7 Å². The van der Waals surface area contributed by atoms with Crippen molar-refractivity contribution in [3.8, 4) is 0 Å². The second-order valence-electron chi connectivity index (χ2n) is 5.04. The first-order valence-corrected chi connectivity index (χ1v) is 6.91. The first-order valence-electron chi connectivity index (χ1n) is 6.91. The quantitative estimate of drug-likeness (QED) is 0.740. The van der Waals surface area contributed by atoms with Crippen LogP contribution in [0.2, 0.25) is 0 Å². The van der Waals surface area contributed by atoms with Gasteiger partial charge in [0.15, 0.2) is 11.5 Å². The lowest BCUT2D eigenvalue weighted by Gasteiger charge is -2.05. The average molecular weight is 261 g/mol. The lowest BCUT2D eigenvalue weighted by Crippen LogP contribution is -2.05. The minimum atomic E-state index is 0.266. The van der Waals surface area contributed by atoms with Gasteiger partial charge in [0.1, 0.15) is 11.8 Å². The van der Waals surface area contributed by atoms with Crippen LogP contribution in [0.15, 0.2) is 12.7 Å². The van der Waals surface area contributed by atoms with Gasteiger partial charge in [0, 0.05) is 19.2 Å². The molecular formula is C13H19N5O. The molecule has 1 aliphatic carbocycles. The molecule has 0 amide bonds. The Bertz CT molecular complexity index is 549. The normalized spacial score (nSPS) is 15.0. The minimum Gasteiger partial charge on any atom is -0.396 e. The highest BCUT2D eigenvalue weighted by Gasteiger charge is 2.23. The third-order valence-corrected chi connectivity index (χ3v) is 3.38. The van der Waals surface area contributed by atoms with Gasteiger partial charge in [-0.15, -0.1) is 0 Å². The maximum absolute atomic E-state index is 8.77. The molecule has 0 bridgehead atoms. The molecule has 2 aromatic heterocycles. The number of aliphatic hydroxyl groups is 1. The summed E-state index contributed by atoms with van der Waals surface area (Å²) >= 11 is 0. The van der Waals surface area contributed by atoms with Crippen molar-refractivity contribution in [1.29, 1.82) is 0 Å². The zero-order chi connectivity index (χ0) is 13.1. The smallest absolute Gasteiger partial charge is 0.165 e.